The van der Waals surface area contributed by atoms with Crippen molar-refractivity contribution in [3.8, 4) is 33.4 Å². The SMILES string of the molecule is c1ccc2cc(-c3cc4c5ccccc5c(-c5c6ccccc6c(-c6ccc7ccc8cccc9ccc6c7c89)c6ccc7ccccc7c56)cc4c4ccccc34)ccc2c1. The Hall–Kier alpha value is -8.06. The van der Waals surface area contributed by atoms with Gasteiger partial charge in [-0.1, -0.05) is 200 Å². The van der Waals surface area contributed by atoms with Crippen LogP contribution >= 0.6 is 0 Å². The first kappa shape index (κ1) is 33.7. The van der Waals surface area contributed by atoms with E-state index in [1.807, 2.05) is 0 Å². The zero-order valence-electron chi connectivity index (χ0n) is 33.8. The molecule has 0 aromatic heterocycles. The van der Waals surface area contributed by atoms with Gasteiger partial charge in [-0.15, -0.1) is 0 Å². The molecule has 0 atom stereocenters. The van der Waals surface area contributed by atoms with Gasteiger partial charge in [0.1, 0.15) is 0 Å². The maximum atomic E-state index is 2.52. The van der Waals surface area contributed by atoms with Crippen molar-refractivity contribution >= 4 is 108 Å². The van der Waals surface area contributed by atoms with Crippen molar-refractivity contribution in [3.63, 3.8) is 0 Å². The summed E-state index contributed by atoms with van der Waals surface area (Å²) in [5.41, 5.74) is 7.61. The number of benzene rings is 14. The Morgan fingerprint density at radius 3 is 1.40 bits per heavy atom. The fourth-order valence-corrected chi connectivity index (χ4v) is 11.2. The highest BCUT2D eigenvalue weighted by molar-refractivity contribution is 6.34. The monoisotopic (exact) mass is 780 g/mol. The minimum atomic E-state index is 1.24. The molecule has 62 heavy (non-hydrogen) atoms. The molecule has 0 spiro atoms. The lowest BCUT2D eigenvalue weighted by Crippen LogP contribution is -1.95. The lowest BCUT2D eigenvalue weighted by Gasteiger charge is -2.22. The van der Waals surface area contributed by atoms with Gasteiger partial charge in [0.15, 0.2) is 0 Å². The highest BCUT2D eigenvalue weighted by Crippen LogP contribution is 2.51. The second-order valence-electron chi connectivity index (χ2n) is 17.1. The zero-order valence-corrected chi connectivity index (χ0v) is 33.8. The summed E-state index contributed by atoms with van der Waals surface area (Å²) in [6.45, 7) is 0. The van der Waals surface area contributed by atoms with Crippen molar-refractivity contribution in [1.82, 2.24) is 0 Å². The lowest BCUT2D eigenvalue weighted by atomic mass is 9.80. The van der Waals surface area contributed by atoms with Gasteiger partial charge in [0, 0.05) is 0 Å². The van der Waals surface area contributed by atoms with Crippen molar-refractivity contribution in [2.24, 2.45) is 0 Å². The summed E-state index contributed by atoms with van der Waals surface area (Å²) in [6, 6.07) is 82.2. The number of hydrogen-bond donors (Lipinski definition) is 0. The van der Waals surface area contributed by atoms with E-state index in [-0.39, 0.29) is 0 Å². The van der Waals surface area contributed by atoms with E-state index < -0.39 is 0 Å². The summed E-state index contributed by atoms with van der Waals surface area (Å²) in [6.07, 6.45) is 0. The first-order valence-corrected chi connectivity index (χ1v) is 21.7. The van der Waals surface area contributed by atoms with Crippen LogP contribution in [0.3, 0.4) is 0 Å². The standard InChI is InChI=1S/C62H36/c1-2-14-42-34-43(27-24-37(42)12-1)54-35-55-47-20-7-8-21-48(47)57(36-56(55)46-19-6-5-18-45(46)54)62-50-23-10-9-22-49(50)60(53-33-28-38-13-3-4-17-44(38)61(53)62)52-32-30-41-26-25-39-15-11-16-40-29-31-51(52)59(41)58(39)40/h1-36H. The molecule has 0 N–H and O–H groups in total. The summed E-state index contributed by atoms with van der Waals surface area (Å²) >= 11 is 0. The van der Waals surface area contributed by atoms with Gasteiger partial charge in [0.2, 0.25) is 0 Å². The molecule has 0 saturated carbocycles. The predicted molar refractivity (Wildman–Crippen MR) is 269 cm³/mol. The summed E-state index contributed by atoms with van der Waals surface area (Å²) in [5, 5.41) is 25.6. The van der Waals surface area contributed by atoms with Crippen molar-refractivity contribution in [1.29, 1.82) is 0 Å². The van der Waals surface area contributed by atoms with Crippen molar-refractivity contribution in [2.75, 3.05) is 0 Å². The molecule has 14 aromatic carbocycles. The molecule has 0 radical (unpaired) electrons. The number of fused-ring (bicyclic) bond motifs is 10. The lowest BCUT2D eigenvalue weighted by molar-refractivity contribution is 1.69. The maximum absolute atomic E-state index is 2.52. The smallest absolute Gasteiger partial charge is 0.00137 e. The summed E-state index contributed by atoms with van der Waals surface area (Å²) in [4.78, 5) is 0. The van der Waals surface area contributed by atoms with Crippen LogP contribution in [-0.4, -0.2) is 0 Å². The Morgan fingerprint density at radius 2 is 0.661 bits per heavy atom. The molecule has 14 rings (SSSR count). The molecular formula is C62H36. The van der Waals surface area contributed by atoms with Gasteiger partial charge in [0.05, 0.1) is 0 Å². The quantitative estimate of drug-likeness (QED) is 0.124. The van der Waals surface area contributed by atoms with Crippen molar-refractivity contribution in [3.05, 3.63) is 218 Å². The molecule has 284 valence electrons. The van der Waals surface area contributed by atoms with Crippen molar-refractivity contribution < 1.29 is 0 Å². The van der Waals surface area contributed by atoms with Gasteiger partial charge in [0.25, 0.3) is 0 Å². The molecule has 0 heterocycles. The Bertz CT molecular complexity index is 4190. The largest absolute Gasteiger partial charge is 0.0616 e. The van der Waals surface area contributed by atoms with Crippen LogP contribution in [0.2, 0.25) is 0 Å². The molecule has 0 saturated heterocycles. The molecule has 0 aliphatic heterocycles. The van der Waals surface area contributed by atoms with E-state index in [4.69, 9.17) is 0 Å². The van der Waals surface area contributed by atoms with E-state index in [0.717, 1.165) is 0 Å². The average Bonchev–Trinajstić information content (AvgIpc) is 3.34. The number of hydrogen-bond acceptors (Lipinski definition) is 0. The summed E-state index contributed by atoms with van der Waals surface area (Å²) in [7, 11) is 0. The average molecular weight is 781 g/mol. The van der Waals surface area contributed by atoms with Crippen LogP contribution in [-0.2, 0) is 0 Å². The van der Waals surface area contributed by atoms with Crippen LogP contribution in [0.4, 0.5) is 0 Å². The van der Waals surface area contributed by atoms with E-state index in [0.29, 0.717) is 0 Å². The van der Waals surface area contributed by atoms with E-state index in [2.05, 4.69) is 218 Å². The molecule has 0 amide bonds. The molecule has 14 aromatic rings. The van der Waals surface area contributed by atoms with E-state index >= 15 is 0 Å². The molecule has 0 nitrogen and oxygen atoms in total. The first-order chi connectivity index (χ1) is 30.8. The Balaban J connectivity index is 1.14. The van der Waals surface area contributed by atoms with Gasteiger partial charge in [-0.05, 0) is 159 Å². The highest BCUT2D eigenvalue weighted by Gasteiger charge is 2.23. The van der Waals surface area contributed by atoms with Crippen molar-refractivity contribution in [2.45, 2.75) is 0 Å². The fraction of sp³-hybridized carbons (Fsp3) is 0. The van der Waals surface area contributed by atoms with Gasteiger partial charge in [-0.3, -0.25) is 0 Å². The summed E-state index contributed by atoms with van der Waals surface area (Å²) in [5.74, 6) is 0. The summed E-state index contributed by atoms with van der Waals surface area (Å²) < 4.78 is 0. The first-order valence-electron chi connectivity index (χ1n) is 21.7. The predicted octanol–water partition coefficient (Wildman–Crippen LogP) is 17.7. The van der Waals surface area contributed by atoms with E-state index in [1.165, 1.54) is 141 Å². The van der Waals surface area contributed by atoms with Crippen LogP contribution in [0, 0.1) is 0 Å². The van der Waals surface area contributed by atoms with Crippen LogP contribution < -0.4 is 0 Å². The molecule has 0 heteroatoms. The van der Waals surface area contributed by atoms with Gasteiger partial charge >= 0.3 is 0 Å². The molecule has 0 bridgehead atoms. The van der Waals surface area contributed by atoms with E-state index in [1.54, 1.807) is 0 Å². The third-order valence-electron chi connectivity index (χ3n) is 13.9. The van der Waals surface area contributed by atoms with Gasteiger partial charge in [-0.2, -0.15) is 0 Å². The number of rotatable bonds is 3. The fourth-order valence-electron chi connectivity index (χ4n) is 11.2. The Morgan fingerprint density at radius 1 is 0.177 bits per heavy atom. The third kappa shape index (κ3) is 4.67. The minimum Gasteiger partial charge on any atom is -0.0616 e. The topological polar surface area (TPSA) is 0 Å². The molecule has 0 fully saturated rings. The van der Waals surface area contributed by atoms with Crippen LogP contribution in [0.25, 0.3) is 141 Å². The van der Waals surface area contributed by atoms with Crippen LogP contribution in [0.5, 0.6) is 0 Å². The van der Waals surface area contributed by atoms with Gasteiger partial charge < -0.3 is 0 Å². The third-order valence-corrected chi connectivity index (χ3v) is 13.9. The van der Waals surface area contributed by atoms with Gasteiger partial charge in [-0.25, -0.2) is 0 Å². The zero-order chi connectivity index (χ0) is 40.5. The Labute approximate surface area is 357 Å². The second kappa shape index (κ2) is 12.7. The van der Waals surface area contributed by atoms with Crippen LogP contribution in [0.15, 0.2) is 218 Å². The maximum Gasteiger partial charge on any atom is -0.00137 e. The second-order valence-corrected chi connectivity index (χ2v) is 17.1. The van der Waals surface area contributed by atoms with Crippen LogP contribution in [0.1, 0.15) is 0 Å². The molecule has 0 aliphatic rings. The molecule has 0 unspecified atom stereocenters. The highest BCUT2D eigenvalue weighted by atomic mass is 14.3. The normalized spacial score (nSPS) is 12.2. The Kier molecular flexibility index (Phi) is 6.92. The molecule has 0 aliphatic carbocycles. The molecular weight excluding hydrogens is 745 g/mol. The van der Waals surface area contributed by atoms with E-state index in [9.17, 15) is 0 Å². The minimum absolute atomic E-state index is 1.24.